The van der Waals surface area contributed by atoms with Gasteiger partial charge in [0.15, 0.2) is 0 Å². The predicted octanol–water partition coefficient (Wildman–Crippen LogP) is 2.72. The summed E-state index contributed by atoms with van der Waals surface area (Å²) < 4.78 is 14.9. The maximum absolute atomic E-state index is 11.9. The Morgan fingerprint density at radius 1 is 1.35 bits per heavy atom. The average Bonchev–Trinajstić information content (AvgIpc) is 2.85. The van der Waals surface area contributed by atoms with Crippen molar-refractivity contribution >= 4 is 11.7 Å². The Labute approximate surface area is 113 Å². The third-order valence-electron chi connectivity index (χ3n) is 2.61. The molecule has 7 nitrogen and oxygen atoms in total. The van der Waals surface area contributed by atoms with Gasteiger partial charge >= 0.3 is 11.7 Å². The summed E-state index contributed by atoms with van der Waals surface area (Å²) in [6, 6.07) is 5.54. The van der Waals surface area contributed by atoms with Gasteiger partial charge in [-0.15, -0.1) is 0 Å². The molecule has 7 heteroatoms. The molecule has 0 saturated heterocycles. The van der Waals surface area contributed by atoms with Crippen LogP contribution in [0.5, 0.6) is 11.5 Å². The lowest BCUT2D eigenvalue weighted by Crippen LogP contribution is -2.10. The molecular weight excluding hydrogens is 266 g/mol. The lowest BCUT2D eigenvalue weighted by molar-refractivity contribution is -0.385. The molecule has 0 N–H and O–H groups in total. The van der Waals surface area contributed by atoms with Crippen molar-refractivity contribution in [1.82, 2.24) is 0 Å². The first-order valence-corrected chi connectivity index (χ1v) is 5.61. The number of carbonyl (C=O) groups is 1. The molecule has 1 aromatic carbocycles. The van der Waals surface area contributed by atoms with Crippen LogP contribution in [0.1, 0.15) is 16.1 Å². The summed E-state index contributed by atoms with van der Waals surface area (Å²) >= 11 is 0. The fraction of sp³-hybridized carbons (Fsp3) is 0.154. The van der Waals surface area contributed by atoms with Crippen LogP contribution in [-0.4, -0.2) is 18.0 Å². The van der Waals surface area contributed by atoms with E-state index in [1.54, 1.807) is 13.0 Å². The minimum atomic E-state index is -0.791. The Hall–Kier alpha value is -2.83. The van der Waals surface area contributed by atoms with E-state index >= 15 is 0 Å². The van der Waals surface area contributed by atoms with Crippen LogP contribution >= 0.6 is 0 Å². The molecule has 1 heterocycles. The first-order valence-electron chi connectivity index (χ1n) is 5.61. The van der Waals surface area contributed by atoms with Crippen LogP contribution < -0.4 is 9.47 Å². The van der Waals surface area contributed by atoms with Gasteiger partial charge in [0.1, 0.15) is 5.75 Å². The van der Waals surface area contributed by atoms with Gasteiger partial charge in [0.2, 0.25) is 11.5 Å². The number of esters is 1. The van der Waals surface area contributed by atoms with Crippen molar-refractivity contribution in [1.29, 1.82) is 0 Å². The first-order chi connectivity index (χ1) is 9.52. The molecule has 0 aliphatic rings. The van der Waals surface area contributed by atoms with Gasteiger partial charge in [-0.1, -0.05) is 0 Å². The Bertz CT molecular complexity index is 661. The van der Waals surface area contributed by atoms with Crippen LogP contribution in [0.15, 0.2) is 34.9 Å². The third-order valence-corrected chi connectivity index (χ3v) is 2.61. The van der Waals surface area contributed by atoms with Crippen LogP contribution in [0.4, 0.5) is 5.69 Å². The number of aryl methyl sites for hydroxylation is 1. The fourth-order valence-corrected chi connectivity index (χ4v) is 1.58. The minimum Gasteiger partial charge on any atom is -0.496 e. The summed E-state index contributed by atoms with van der Waals surface area (Å²) in [5.74, 6) is -0.654. The van der Waals surface area contributed by atoms with E-state index in [1.165, 1.54) is 31.6 Å². The Balaban J connectivity index is 2.32. The molecule has 0 spiro atoms. The zero-order valence-corrected chi connectivity index (χ0v) is 10.8. The molecule has 0 fully saturated rings. The molecule has 0 amide bonds. The van der Waals surface area contributed by atoms with Crippen LogP contribution in [0.2, 0.25) is 0 Å². The highest BCUT2D eigenvalue weighted by Crippen LogP contribution is 2.31. The van der Waals surface area contributed by atoms with Crippen molar-refractivity contribution in [2.24, 2.45) is 0 Å². The van der Waals surface area contributed by atoms with Crippen molar-refractivity contribution in [2.75, 3.05) is 7.11 Å². The molecule has 0 aliphatic carbocycles. The van der Waals surface area contributed by atoms with Crippen LogP contribution in [-0.2, 0) is 0 Å². The number of ether oxygens (including phenoxy) is 2. The lowest BCUT2D eigenvalue weighted by Gasteiger charge is -2.05. The molecule has 0 saturated carbocycles. The molecule has 0 bridgehead atoms. The van der Waals surface area contributed by atoms with Crippen molar-refractivity contribution < 1.29 is 23.6 Å². The van der Waals surface area contributed by atoms with Crippen molar-refractivity contribution in [3.8, 4) is 11.5 Å². The van der Waals surface area contributed by atoms with Gasteiger partial charge in [-0.05, 0) is 25.1 Å². The van der Waals surface area contributed by atoms with Gasteiger partial charge in [0, 0.05) is 5.56 Å². The van der Waals surface area contributed by atoms with Gasteiger partial charge in [-0.25, -0.2) is 4.79 Å². The number of benzene rings is 1. The second-order valence-electron chi connectivity index (χ2n) is 3.91. The molecule has 0 radical (unpaired) electrons. The topological polar surface area (TPSA) is 91.8 Å². The summed E-state index contributed by atoms with van der Waals surface area (Å²) in [7, 11) is 1.39. The molecule has 0 atom stereocenters. The number of methoxy groups -OCH3 is 1. The Kier molecular flexibility index (Phi) is 3.69. The predicted molar refractivity (Wildman–Crippen MR) is 68.1 cm³/mol. The van der Waals surface area contributed by atoms with E-state index in [4.69, 9.17) is 13.9 Å². The van der Waals surface area contributed by atoms with Gasteiger partial charge in [0.25, 0.3) is 0 Å². The molecular formula is C13H11NO6. The van der Waals surface area contributed by atoms with E-state index in [-0.39, 0.29) is 17.2 Å². The van der Waals surface area contributed by atoms with E-state index in [1.807, 2.05) is 0 Å². The van der Waals surface area contributed by atoms with E-state index in [2.05, 4.69) is 0 Å². The minimum absolute atomic E-state index is 0.00937. The summed E-state index contributed by atoms with van der Waals surface area (Å²) in [6.07, 6.45) is 1.34. The maximum atomic E-state index is 11.9. The summed E-state index contributed by atoms with van der Waals surface area (Å²) in [6.45, 7) is 1.67. The standard InChI is InChI=1S/C13H11NO6/c1-8-5-6-19-12(8)13(15)20-11-4-3-9(18-2)7-10(11)14(16)17/h3-7H,1-2H3. The van der Waals surface area contributed by atoms with Gasteiger partial charge in [-0.2, -0.15) is 0 Å². The highest BCUT2D eigenvalue weighted by atomic mass is 16.6. The number of nitro benzene ring substituents is 1. The van der Waals surface area contributed by atoms with Crippen LogP contribution in [0, 0.1) is 17.0 Å². The van der Waals surface area contributed by atoms with E-state index < -0.39 is 10.9 Å². The quantitative estimate of drug-likeness (QED) is 0.369. The first kappa shape index (κ1) is 13.6. The van der Waals surface area contributed by atoms with Crippen molar-refractivity contribution in [2.45, 2.75) is 6.92 Å². The van der Waals surface area contributed by atoms with Gasteiger partial charge in [-0.3, -0.25) is 10.1 Å². The number of nitrogens with zero attached hydrogens (tertiary/aromatic N) is 1. The molecule has 0 aliphatic heterocycles. The Morgan fingerprint density at radius 3 is 2.65 bits per heavy atom. The molecule has 104 valence electrons. The average molecular weight is 277 g/mol. The molecule has 0 unspecified atom stereocenters. The maximum Gasteiger partial charge on any atom is 0.380 e. The van der Waals surface area contributed by atoms with Gasteiger partial charge < -0.3 is 13.9 Å². The normalized spacial score (nSPS) is 10.1. The van der Waals surface area contributed by atoms with Crippen molar-refractivity contribution in [3.05, 3.63) is 52.0 Å². The summed E-state index contributed by atoms with van der Waals surface area (Å²) in [5.41, 5.74) is 0.230. The van der Waals surface area contributed by atoms with Crippen LogP contribution in [0.25, 0.3) is 0 Å². The molecule has 1 aromatic heterocycles. The largest absolute Gasteiger partial charge is 0.496 e. The second-order valence-corrected chi connectivity index (χ2v) is 3.91. The molecule has 20 heavy (non-hydrogen) atoms. The van der Waals surface area contributed by atoms with Gasteiger partial charge in [0.05, 0.1) is 24.4 Å². The zero-order valence-electron chi connectivity index (χ0n) is 10.8. The van der Waals surface area contributed by atoms with Crippen molar-refractivity contribution in [3.63, 3.8) is 0 Å². The fourth-order valence-electron chi connectivity index (χ4n) is 1.58. The number of carbonyl (C=O) groups excluding carboxylic acids is 1. The number of furan rings is 1. The smallest absolute Gasteiger partial charge is 0.380 e. The monoisotopic (exact) mass is 277 g/mol. The lowest BCUT2D eigenvalue weighted by atomic mass is 10.2. The highest BCUT2D eigenvalue weighted by Gasteiger charge is 2.22. The van der Waals surface area contributed by atoms with E-state index in [9.17, 15) is 14.9 Å². The highest BCUT2D eigenvalue weighted by molar-refractivity contribution is 5.90. The SMILES string of the molecule is COc1ccc(OC(=O)c2occc2C)c([N+](=O)[O-])c1. The summed E-state index contributed by atoms with van der Waals surface area (Å²) in [4.78, 5) is 22.2. The summed E-state index contributed by atoms with van der Waals surface area (Å²) in [5, 5.41) is 11.0. The molecule has 2 aromatic rings. The number of hydrogen-bond acceptors (Lipinski definition) is 6. The number of nitro groups is 1. The second kappa shape index (κ2) is 5.43. The third kappa shape index (κ3) is 2.61. The van der Waals surface area contributed by atoms with E-state index in [0.717, 1.165) is 0 Å². The number of hydrogen-bond donors (Lipinski definition) is 0. The van der Waals surface area contributed by atoms with Crippen LogP contribution in [0.3, 0.4) is 0 Å². The number of rotatable bonds is 4. The molecule has 2 rings (SSSR count). The zero-order chi connectivity index (χ0) is 14.7. The Morgan fingerprint density at radius 2 is 2.10 bits per heavy atom. The van der Waals surface area contributed by atoms with E-state index in [0.29, 0.717) is 11.3 Å².